The summed E-state index contributed by atoms with van der Waals surface area (Å²) in [6, 6.07) is 6.97. The van der Waals surface area contributed by atoms with Crippen molar-refractivity contribution in [1.29, 1.82) is 0 Å². The summed E-state index contributed by atoms with van der Waals surface area (Å²) in [6.07, 6.45) is 0. The van der Waals surface area contributed by atoms with Crippen LogP contribution in [0.25, 0.3) is 0 Å². The first-order valence-corrected chi connectivity index (χ1v) is 7.23. The van der Waals surface area contributed by atoms with Gasteiger partial charge in [-0.05, 0) is 38.1 Å². The topological polar surface area (TPSA) is 42.0 Å². The van der Waals surface area contributed by atoms with Gasteiger partial charge < -0.3 is 5.32 Å². The Morgan fingerprint density at radius 3 is 2.47 bits per heavy atom. The Kier molecular flexibility index (Phi) is 4.45. The minimum atomic E-state index is -0.218. The van der Waals surface area contributed by atoms with Crippen LogP contribution in [0, 0.1) is 6.92 Å². The molecule has 0 saturated carbocycles. The van der Waals surface area contributed by atoms with Crippen molar-refractivity contribution in [3.05, 3.63) is 49.9 Å². The van der Waals surface area contributed by atoms with E-state index in [4.69, 9.17) is 23.2 Å². The normalized spacial score (nSPS) is 12.2. The first-order valence-electron chi connectivity index (χ1n) is 5.66. The molecule has 0 fully saturated rings. The number of hydrogen-bond acceptors (Lipinski definition) is 3. The largest absolute Gasteiger partial charge is 0.345 e. The summed E-state index contributed by atoms with van der Waals surface area (Å²) in [5.41, 5.74) is 0.408. The molecule has 0 spiro atoms. The van der Waals surface area contributed by atoms with Gasteiger partial charge in [0.05, 0.1) is 6.04 Å². The number of hydrogen-bond donors (Lipinski definition) is 1. The second-order valence-corrected chi connectivity index (χ2v) is 6.24. The quantitative estimate of drug-likeness (QED) is 0.860. The van der Waals surface area contributed by atoms with Gasteiger partial charge in [0, 0.05) is 15.3 Å². The van der Waals surface area contributed by atoms with Gasteiger partial charge in [0.25, 0.3) is 5.91 Å². The van der Waals surface area contributed by atoms with Crippen LogP contribution in [0.5, 0.6) is 0 Å². The number of nitrogens with zero attached hydrogens (tertiary/aromatic N) is 1. The van der Waals surface area contributed by atoms with Crippen LogP contribution in [0.3, 0.4) is 0 Å². The summed E-state index contributed by atoms with van der Waals surface area (Å²) in [5.74, 6) is -0.218. The average molecular weight is 315 g/mol. The lowest BCUT2D eigenvalue weighted by molar-refractivity contribution is 0.0940. The van der Waals surface area contributed by atoms with Gasteiger partial charge in [-0.25, -0.2) is 4.98 Å². The molecule has 3 nitrogen and oxygen atoms in total. The average Bonchev–Trinajstić information content (AvgIpc) is 2.74. The van der Waals surface area contributed by atoms with Crippen LogP contribution in [0.1, 0.15) is 33.1 Å². The number of amides is 1. The van der Waals surface area contributed by atoms with E-state index < -0.39 is 0 Å². The highest BCUT2D eigenvalue weighted by Crippen LogP contribution is 2.23. The van der Waals surface area contributed by atoms with Crippen LogP contribution in [0.4, 0.5) is 0 Å². The maximum atomic E-state index is 12.1. The molecule has 0 aliphatic carbocycles. The number of aromatic nitrogens is 1. The number of nitrogens with one attached hydrogen (secondary N) is 1. The fourth-order valence-corrected chi connectivity index (χ4v) is 2.97. The maximum absolute atomic E-state index is 12.1. The zero-order valence-electron chi connectivity index (χ0n) is 10.4. The Morgan fingerprint density at radius 1 is 1.32 bits per heavy atom. The third kappa shape index (κ3) is 3.69. The van der Waals surface area contributed by atoms with Crippen LogP contribution in [-0.2, 0) is 0 Å². The van der Waals surface area contributed by atoms with Crippen molar-refractivity contribution >= 4 is 40.4 Å². The zero-order valence-corrected chi connectivity index (χ0v) is 12.7. The Balaban J connectivity index is 2.12. The van der Waals surface area contributed by atoms with E-state index in [-0.39, 0.29) is 22.3 Å². The highest BCUT2D eigenvalue weighted by Gasteiger charge is 2.14. The molecule has 0 aromatic carbocycles. The minimum Gasteiger partial charge on any atom is -0.345 e. The van der Waals surface area contributed by atoms with E-state index >= 15 is 0 Å². The number of carbonyl (C=O) groups is 1. The standard InChI is InChI=1S/C13H12Cl2N2OS/c1-7-3-4-10(19-7)8(2)16-13(18)9-5-11(14)17-12(15)6-9/h3-6,8H,1-2H3,(H,16,18). The predicted octanol–water partition coefficient (Wildman–Crippen LogP) is 4.25. The van der Waals surface area contributed by atoms with Crippen LogP contribution in [0.2, 0.25) is 10.3 Å². The molecule has 0 bridgehead atoms. The van der Waals surface area contributed by atoms with E-state index in [2.05, 4.69) is 10.3 Å². The third-order valence-corrected chi connectivity index (χ3v) is 4.13. The first-order chi connectivity index (χ1) is 8.95. The summed E-state index contributed by atoms with van der Waals surface area (Å²) in [7, 11) is 0. The lowest BCUT2D eigenvalue weighted by Gasteiger charge is -2.12. The van der Waals surface area contributed by atoms with Crippen molar-refractivity contribution in [2.75, 3.05) is 0 Å². The number of rotatable bonds is 3. The molecular formula is C13H12Cl2N2OS. The Labute approximate surface area is 125 Å². The Hall–Kier alpha value is -1.10. The molecule has 0 aliphatic rings. The molecular weight excluding hydrogens is 303 g/mol. The molecule has 1 amide bonds. The molecule has 2 rings (SSSR count). The van der Waals surface area contributed by atoms with Crippen molar-refractivity contribution in [2.45, 2.75) is 19.9 Å². The molecule has 100 valence electrons. The third-order valence-electron chi connectivity index (χ3n) is 2.56. The SMILES string of the molecule is Cc1ccc(C(C)NC(=O)c2cc(Cl)nc(Cl)c2)s1. The zero-order chi connectivity index (χ0) is 14.0. The van der Waals surface area contributed by atoms with Gasteiger partial charge in [0.15, 0.2) is 0 Å². The summed E-state index contributed by atoms with van der Waals surface area (Å²) in [5, 5.41) is 3.32. The van der Waals surface area contributed by atoms with Gasteiger partial charge in [-0.2, -0.15) is 0 Å². The van der Waals surface area contributed by atoms with Crippen molar-refractivity contribution in [3.63, 3.8) is 0 Å². The molecule has 6 heteroatoms. The molecule has 2 aromatic heterocycles. The summed E-state index contributed by atoms with van der Waals surface area (Å²) < 4.78 is 0. The first kappa shape index (κ1) is 14.3. The molecule has 19 heavy (non-hydrogen) atoms. The Bertz CT molecular complexity index is 592. The van der Waals surface area contributed by atoms with E-state index in [1.54, 1.807) is 11.3 Å². The Morgan fingerprint density at radius 2 is 1.95 bits per heavy atom. The van der Waals surface area contributed by atoms with E-state index in [1.807, 2.05) is 26.0 Å². The lowest BCUT2D eigenvalue weighted by Crippen LogP contribution is -2.26. The van der Waals surface area contributed by atoms with Gasteiger partial charge >= 0.3 is 0 Å². The van der Waals surface area contributed by atoms with Crippen molar-refractivity contribution < 1.29 is 4.79 Å². The summed E-state index contributed by atoms with van der Waals surface area (Å²) >= 11 is 13.2. The molecule has 1 N–H and O–H groups in total. The van der Waals surface area contributed by atoms with E-state index in [0.29, 0.717) is 5.56 Å². The molecule has 2 aromatic rings. The fourth-order valence-electron chi connectivity index (χ4n) is 1.63. The molecule has 1 unspecified atom stereocenters. The van der Waals surface area contributed by atoms with Crippen molar-refractivity contribution in [2.24, 2.45) is 0 Å². The second-order valence-electron chi connectivity index (χ2n) is 4.14. The smallest absolute Gasteiger partial charge is 0.251 e. The van der Waals surface area contributed by atoms with Crippen LogP contribution < -0.4 is 5.32 Å². The van der Waals surface area contributed by atoms with E-state index in [0.717, 1.165) is 4.88 Å². The molecule has 2 heterocycles. The van der Waals surface area contributed by atoms with Gasteiger partial charge in [-0.3, -0.25) is 4.79 Å². The predicted molar refractivity (Wildman–Crippen MR) is 79.2 cm³/mol. The summed E-state index contributed by atoms with van der Waals surface area (Å²) in [4.78, 5) is 18.2. The lowest BCUT2D eigenvalue weighted by atomic mass is 10.2. The fraction of sp³-hybridized carbons (Fsp3) is 0.231. The van der Waals surface area contributed by atoms with Gasteiger partial charge in [0.2, 0.25) is 0 Å². The maximum Gasteiger partial charge on any atom is 0.251 e. The van der Waals surface area contributed by atoms with Crippen molar-refractivity contribution in [1.82, 2.24) is 10.3 Å². The molecule has 0 radical (unpaired) electrons. The number of thiophene rings is 1. The van der Waals surface area contributed by atoms with E-state index in [9.17, 15) is 4.79 Å². The van der Waals surface area contributed by atoms with Gasteiger partial charge in [0.1, 0.15) is 10.3 Å². The molecule has 0 aliphatic heterocycles. The monoisotopic (exact) mass is 314 g/mol. The highest BCUT2D eigenvalue weighted by atomic mass is 35.5. The van der Waals surface area contributed by atoms with Gasteiger partial charge in [-0.15, -0.1) is 11.3 Å². The summed E-state index contributed by atoms with van der Waals surface area (Å²) in [6.45, 7) is 3.97. The second kappa shape index (κ2) is 5.90. The number of carbonyl (C=O) groups excluding carboxylic acids is 1. The van der Waals surface area contributed by atoms with Crippen LogP contribution >= 0.6 is 34.5 Å². The highest BCUT2D eigenvalue weighted by molar-refractivity contribution is 7.12. The molecule has 1 atom stereocenters. The molecule has 0 saturated heterocycles. The van der Waals surface area contributed by atoms with Gasteiger partial charge in [-0.1, -0.05) is 23.2 Å². The van der Waals surface area contributed by atoms with Crippen LogP contribution in [0.15, 0.2) is 24.3 Å². The van der Waals surface area contributed by atoms with E-state index in [1.165, 1.54) is 17.0 Å². The number of pyridine rings is 1. The minimum absolute atomic E-state index is 0.0584. The number of halogens is 2. The van der Waals surface area contributed by atoms with Crippen LogP contribution in [-0.4, -0.2) is 10.9 Å². The number of aryl methyl sites for hydroxylation is 1. The van der Waals surface area contributed by atoms with Crippen molar-refractivity contribution in [3.8, 4) is 0 Å².